The molecule has 0 radical (unpaired) electrons. The SMILES string of the molecule is CCN(CC)c1ccc(C=Nn2c(-c3ccco3)csc2=NC(C)C)cc1. The van der Waals surface area contributed by atoms with Gasteiger partial charge in [0.1, 0.15) is 5.69 Å². The highest BCUT2D eigenvalue weighted by Gasteiger charge is 2.10. The lowest BCUT2D eigenvalue weighted by Gasteiger charge is -2.20. The molecule has 0 unspecified atom stereocenters. The van der Waals surface area contributed by atoms with Crippen molar-refractivity contribution in [2.45, 2.75) is 33.7 Å². The minimum Gasteiger partial charge on any atom is -0.463 e. The number of thiazole rings is 1. The van der Waals surface area contributed by atoms with Gasteiger partial charge < -0.3 is 9.32 Å². The van der Waals surface area contributed by atoms with E-state index in [9.17, 15) is 0 Å². The van der Waals surface area contributed by atoms with Gasteiger partial charge in [-0.2, -0.15) is 5.10 Å². The first-order valence-corrected chi connectivity index (χ1v) is 10.2. The lowest BCUT2D eigenvalue weighted by atomic mass is 10.2. The van der Waals surface area contributed by atoms with Crippen LogP contribution in [-0.2, 0) is 0 Å². The van der Waals surface area contributed by atoms with Crippen LogP contribution in [0.15, 0.2) is 62.6 Å². The summed E-state index contributed by atoms with van der Waals surface area (Å²) < 4.78 is 7.41. The minimum atomic E-state index is 0.197. The van der Waals surface area contributed by atoms with E-state index in [1.54, 1.807) is 17.6 Å². The van der Waals surface area contributed by atoms with Crippen LogP contribution in [0.3, 0.4) is 0 Å². The Morgan fingerprint density at radius 2 is 1.89 bits per heavy atom. The van der Waals surface area contributed by atoms with Gasteiger partial charge in [-0.25, -0.2) is 4.68 Å². The van der Waals surface area contributed by atoms with Crippen LogP contribution in [0.1, 0.15) is 33.3 Å². The molecule has 142 valence electrons. The molecule has 0 N–H and O–H groups in total. The zero-order valence-corrected chi connectivity index (χ0v) is 17.1. The Morgan fingerprint density at radius 1 is 1.15 bits per heavy atom. The Balaban J connectivity index is 1.93. The summed E-state index contributed by atoms with van der Waals surface area (Å²) in [4.78, 5) is 7.86. The minimum absolute atomic E-state index is 0.197. The van der Waals surface area contributed by atoms with Crippen molar-refractivity contribution in [2.75, 3.05) is 18.0 Å². The molecule has 2 heterocycles. The number of rotatable bonds is 7. The predicted molar refractivity (Wildman–Crippen MR) is 114 cm³/mol. The van der Waals surface area contributed by atoms with Crippen molar-refractivity contribution >= 4 is 23.2 Å². The maximum atomic E-state index is 5.56. The van der Waals surface area contributed by atoms with E-state index in [0.29, 0.717) is 0 Å². The molecule has 0 aliphatic heterocycles. The Labute approximate surface area is 164 Å². The standard InChI is InChI=1S/C21H26N4OS/c1-5-24(6-2)18-11-9-17(10-12-18)14-22-25-19(20-8-7-13-26-20)15-27-21(25)23-16(3)4/h7-16H,5-6H2,1-4H3. The molecule has 27 heavy (non-hydrogen) atoms. The molecule has 0 atom stereocenters. The van der Waals surface area contributed by atoms with Crippen LogP contribution in [-0.4, -0.2) is 30.0 Å². The van der Waals surface area contributed by atoms with Crippen molar-refractivity contribution in [1.82, 2.24) is 4.68 Å². The third kappa shape index (κ3) is 4.57. The number of nitrogens with zero attached hydrogens (tertiary/aromatic N) is 4. The molecule has 1 aromatic carbocycles. The highest BCUT2D eigenvalue weighted by atomic mass is 32.1. The molecule has 3 rings (SSSR count). The van der Waals surface area contributed by atoms with E-state index >= 15 is 0 Å². The first-order chi connectivity index (χ1) is 13.1. The van der Waals surface area contributed by atoms with Crippen LogP contribution in [0, 0.1) is 0 Å². The Kier molecular flexibility index (Phi) is 6.29. The number of aromatic nitrogens is 1. The van der Waals surface area contributed by atoms with Gasteiger partial charge in [0.25, 0.3) is 0 Å². The number of benzene rings is 1. The smallest absolute Gasteiger partial charge is 0.206 e. The first kappa shape index (κ1) is 19.2. The summed E-state index contributed by atoms with van der Waals surface area (Å²) in [6.07, 6.45) is 3.54. The van der Waals surface area contributed by atoms with Crippen molar-refractivity contribution in [3.8, 4) is 11.5 Å². The fraction of sp³-hybridized carbons (Fsp3) is 0.333. The molecule has 0 saturated carbocycles. The fourth-order valence-corrected chi connectivity index (χ4v) is 3.75. The Hall–Kier alpha value is -2.60. The molecule has 0 saturated heterocycles. The lowest BCUT2D eigenvalue weighted by molar-refractivity contribution is 0.575. The summed E-state index contributed by atoms with van der Waals surface area (Å²) in [5.74, 6) is 0.783. The van der Waals surface area contributed by atoms with Gasteiger partial charge in [-0.05, 0) is 57.5 Å². The Morgan fingerprint density at radius 3 is 2.48 bits per heavy atom. The lowest BCUT2D eigenvalue weighted by Crippen LogP contribution is -2.21. The molecular weight excluding hydrogens is 356 g/mol. The molecule has 6 heteroatoms. The maximum Gasteiger partial charge on any atom is 0.206 e. The molecule has 0 aliphatic rings. The zero-order chi connectivity index (χ0) is 19.2. The van der Waals surface area contributed by atoms with E-state index in [0.717, 1.165) is 34.9 Å². The molecule has 0 bridgehead atoms. The monoisotopic (exact) mass is 382 g/mol. The molecule has 0 fully saturated rings. The van der Waals surface area contributed by atoms with Gasteiger partial charge in [-0.1, -0.05) is 12.1 Å². The van der Waals surface area contributed by atoms with Crippen LogP contribution in [0.25, 0.3) is 11.5 Å². The van der Waals surface area contributed by atoms with E-state index in [-0.39, 0.29) is 6.04 Å². The molecule has 0 amide bonds. The second-order valence-electron chi connectivity index (χ2n) is 6.42. The normalized spacial score (nSPS) is 12.4. The summed E-state index contributed by atoms with van der Waals surface area (Å²) in [5, 5.41) is 6.72. The largest absolute Gasteiger partial charge is 0.463 e. The van der Waals surface area contributed by atoms with Crippen molar-refractivity contribution in [3.63, 3.8) is 0 Å². The van der Waals surface area contributed by atoms with Crippen LogP contribution in [0.2, 0.25) is 0 Å². The van der Waals surface area contributed by atoms with E-state index in [4.69, 9.17) is 9.52 Å². The van der Waals surface area contributed by atoms with Crippen molar-refractivity contribution in [1.29, 1.82) is 0 Å². The van der Waals surface area contributed by atoms with Crippen LogP contribution in [0.5, 0.6) is 0 Å². The molecule has 0 aliphatic carbocycles. The number of hydrogen-bond acceptors (Lipinski definition) is 5. The fourth-order valence-electron chi connectivity index (χ4n) is 2.80. The van der Waals surface area contributed by atoms with Crippen LogP contribution < -0.4 is 9.70 Å². The van der Waals surface area contributed by atoms with Gasteiger partial charge in [0.05, 0.1) is 12.5 Å². The van der Waals surface area contributed by atoms with E-state index in [2.05, 4.69) is 61.9 Å². The number of hydrogen-bond donors (Lipinski definition) is 0. The first-order valence-electron chi connectivity index (χ1n) is 9.30. The summed E-state index contributed by atoms with van der Waals surface area (Å²) in [6.45, 7) is 10.5. The summed E-state index contributed by atoms with van der Waals surface area (Å²) in [6, 6.07) is 12.5. The highest BCUT2D eigenvalue weighted by Crippen LogP contribution is 2.20. The van der Waals surface area contributed by atoms with Gasteiger partial charge in [0.15, 0.2) is 5.76 Å². The predicted octanol–water partition coefficient (Wildman–Crippen LogP) is 4.85. The summed E-state index contributed by atoms with van der Waals surface area (Å²) >= 11 is 1.57. The van der Waals surface area contributed by atoms with E-state index in [1.165, 1.54) is 5.69 Å². The van der Waals surface area contributed by atoms with E-state index in [1.807, 2.05) is 28.4 Å². The van der Waals surface area contributed by atoms with Gasteiger partial charge >= 0.3 is 0 Å². The van der Waals surface area contributed by atoms with Crippen LogP contribution in [0.4, 0.5) is 5.69 Å². The molecule has 5 nitrogen and oxygen atoms in total. The average molecular weight is 383 g/mol. The third-order valence-corrected chi connectivity index (χ3v) is 5.00. The molecule has 0 spiro atoms. The van der Waals surface area contributed by atoms with Crippen molar-refractivity contribution in [2.24, 2.45) is 10.1 Å². The van der Waals surface area contributed by atoms with Gasteiger partial charge in [-0.15, -0.1) is 11.3 Å². The number of furan rings is 1. The second kappa shape index (κ2) is 8.86. The highest BCUT2D eigenvalue weighted by molar-refractivity contribution is 7.07. The van der Waals surface area contributed by atoms with Crippen LogP contribution >= 0.6 is 11.3 Å². The maximum absolute atomic E-state index is 5.56. The van der Waals surface area contributed by atoms with Crippen molar-refractivity contribution in [3.05, 3.63) is 58.4 Å². The molecule has 3 aromatic rings. The second-order valence-corrected chi connectivity index (χ2v) is 7.26. The van der Waals surface area contributed by atoms with E-state index < -0.39 is 0 Å². The van der Waals surface area contributed by atoms with Gasteiger partial charge in [0.2, 0.25) is 4.80 Å². The van der Waals surface area contributed by atoms with Gasteiger partial charge in [0, 0.05) is 30.2 Å². The number of anilines is 1. The summed E-state index contributed by atoms with van der Waals surface area (Å²) in [5.41, 5.74) is 3.18. The quantitative estimate of drug-likeness (QED) is 0.549. The molecule has 2 aromatic heterocycles. The third-order valence-electron chi connectivity index (χ3n) is 4.17. The Bertz CT molecular complexity index is 929. The van der Waals surface area contributed by atoms with Crippen molar-refractivity contribution < 1.29 is 4.42 Å². The average Bonchev–Trinajstić information content (AvgIpc) is 3.31. The van der Waals surface area contributed by atoms with Gasteiger partial charge in [-0.3, -0.25) is 4.99 Å². The summed E-state index contributed by atoms with van der Waals surface area (Å²) in [7, 11) is 0. The topological polar surface area (TPSA) is 46.0 Å². The molecular formula is C21H26N4OS. The zero-order valence-electron chi connectivity index (χ0n) is 16.3.